The lowest BCUT2D eigenvalue weighted by molar-refractivity contribution is 0.0734. The van der Waals surface area contributed by atoms with Crippen molar-refractivity contribution in [2.75, 3.05) is 18.8 Å². The summed E-state index contributed by atoms with van der Waals surface area (Å²) < 4.78 is 30.3. The predicted molar refractivity (Wildman–Crippen MR) is 87.2 cm³/mol. The van der Waals surface area contributed by atoms with Crippen molar-refractivity contribution >= 4 is 27.3 Å². The normalized spacial score (nSPS) is 20.9. The first-order chi connectivity index (χ1) is 11.0. The summed E-state index contributed by atoms with van der Waals surface area (Å²) in [6.07, 6.45) is 1.74. The van der Waals surface area contributed by atoms with Gasteiger partial charge in [-0.2, -0.15) is 0 Å². The van der Waals surface area contributed by atoms with E-state index >= 15 is 0 Å². The molecule has 2 heterocycles. The number of hydrogen-bond acceptors (Lipinski definition) is 4. The monoisotopic (exact) mass is 353 g/mol. The van der Waals surface area contributed by atoms with Gasteiger partial charge in [-0.25, -0.2) is 8.42 Å². The molecule has 122 valence electrons. The smallest absolute Gasteiger partial charge is 0.289 e. The van der Waals surface area contributed by atoms with E-state index in [4.69, 9.17) is 16.0 Å². The number of hydrogen-bond donors (Lipinski definition) is 0. The van der Waals surface area contributed by atoms with E-state index in [2.05, 4.69) is 0 Å². The van der Waals surface area contributed by atoms with Crippen molar-refractivity contribution < 1.29 is 17.6 Å². The number of amides is 1. The van der Waals surface area contributed by atoms with Gasteiger partial charge < -0.3 is 9.32 Å². The van der Waals surface area contributed by atoms with Gasteiger partial charge in [0.2, 0.25) is 0 Å². The van der Waals surface area contributed by atoms with Crippen LogP contribution in [0.1, 0.15) is 27.8 Å². The number of furan rings is 1. The minimum atomic E-state index is -3.38. The fourth-order valence-corrected chi connectivity index (χ4v) is 4.94. The molecule has 1 atom stereocenters. The molecule has 5 nitrogen and oxygen atoms in total. The topological polar surface area (TPSA) is 67.6 Å². The molecule has 23 heavy (non-hydrogen) atoms. The molecule has 0 aliphatic carbocycles. The number of nitrogens with zero attached hydrogens (tertiary/aromatic N) is 1. The molecule has 1 aliphatic rings. The van der Waals surface area contributed by atoms with E-state index in [1.807, 2.05) is 0 Å². The Bertz CT molecular complexity index is 801. The summed E-state index contributed by atoms with van der Waals surface area (Å²) in [5.41, 5.74) is 0.599. The van der Waals surface area contributed by atoms with Gasteiger partial charge in [0.15, 0.2) is 15.6 Å². The van der Waals surface area contributed by atoms with E-state index in [0.717, 1.165) is 0 Å². The van der Waals surface area contributed by atoms with Gasteiger partial charge in [0.25, 0.3) is 5.91 Å². The highest BCUT2D eigenvalue weighted by atomic mass is 35.5. The Balaban J connectivity index is 1.86. The molecule has 1 unspecified atom stereocenters. The number of carbonyl (C=O) groups excluding carboxylic acids is 1. The van der Waals surface area contributed by atoms with Crippen LogP contribution in [0, 0.1) is 0 Å². The second-order valence-electron chi connectivity index (χ2n) is 5.44. The zero-order chi connectivity index (χ0) is 16.4. The molecule has 1 aliphatic heterocycles. The van der Waals surface area contributed by atoms with E-state index < -0.39 is 15.1 Å². The quantitative estimate of drug-likeness (QED) is 0.832. The van der Waals surface area contributed by atoms with Crippen LogP contribution in [0.15, 0.2) is 47.1 Å². The number of benzene rings is 1. The average Bonchev–Trinajstić information content (AvgIpc) is 3.00. The van der Waals surface area contributed by atoms with Crippen molar-refractivity contribution in [3.8, 4) is 0 Å². The van der Waals surface area contributed by atoms with Crippen LogP contribution in [-0.2, 0) is 9.84 Å². The van der Waals surface area contributed by atoms with Gasteiger partial charge in [0.05, 0.1) is 17.3 Å². The maximum Gasteiger partial charge on any atom is 0.289 e. The lowest BCUT2D eigenvalue weighted by Gasteiger charge is -2.18. The minimum Gasteiger partial charge on any atom is -0.459 e. The van der Waals surface area contributed by atoms with E-state index in [9.17, 15) is 13.2 Å². The minimum absolute atomic E-state index is 0.0880. The van der Waals surface area contributed by atoms with Gasteiger partial charge in [-0.1, -0.05) is 29.8 Å². The summed E-state index contributed by atoms with van der Waals surface area (Å²) in [7, 11) is -3.38. The molecular weight excluding hydrogens is 338 g/mol. The first kappa shape index (κ1) is 16.1. The first-order valence-electron chi connectivity index (χ1n) is 7.28. The Morgan fingerprint density at radius 3 is 2.65 bits per heavy atom. The van der Waals surface area contributed by atoms with E-state index in [1.54, 1.807) is 36.4 Å². The van der Waals surface area contributed by atoms with Gasteiger partial charge >= 0.3 is 0 Å². The molecule has 7 heteroatoms. The Kier molecular flexibility index (Phi) is 4.46. The number of rotatable bonds is 2. The lowest BCUT2D eigenvalue weighted by Crippen LogP contribution is -2.33. The maximum absolute atomic E-state index is 12.6. The molecule has 1 fully saturated rings. The third-order valence-corrected chi connectivity index (χ3v) is 6.46. The van der Waals surface area contributed by atoms with Crippen LogP contribution in [0.4, 0.5) is 0 Å². The van der Waals surface area contributed by atoms with Crippen LogP contribution < -0.4 is 0 Å². The molecule has 1 aromatic heterocycles. The molecule has 3 rings (SSSR count). The van der Waals surface area contributed by atoms with Crippen molar-refractivity contribution in [3.05, 3.63) is 59.0 Å². The highest BCUT2D eigenvalue weighted by Crippen LogP contribution is 2.34. The van der Waals surface area contributed by atoms with Gasteiger partial charge in [0.1, 0.15) is 0 Å². The zero-order valence-corrected chi connectivity index (χ0v) is 13.9. The van der Waals surface area contributed by atoms with Crippen LogP contribution >= 0.6 is 11.6 Å². The standard InChI is InChI=1S/C16H16ClNO4S/c17-13-5-2-1-4-12(13)15-7-8-18(9-11-23(15,20)21)16(19)14-6-3-10-22-14/h1-6,10,15H,7-9,11H2. The fourth-order valence-electron chi connectivity index (χ4n) is 2.79. The molecule has 1 saturated heterocycles. The second kappa shape index (κ2) is 6.37. The SMILES string of the molecule is O=C(c1ccco1)N1CCC(c2ccccc2Cl)S(=O)(=O)CC1. The Morgan fingerprint density at radius 1 is 1.17 bits per heavy atom. The van der Waals surface area contributed by atoms with Crippen molar-refractivity contribution in [1.29, 1.82) is 0 Å². The zero-order valence-electron chi connectivity index (χ0n) is 12.3. The summed E-state index contributed by atoms with van der Waals surface area (Å²) >= 11 is 6.16. The maximum atomic E-state index is 12.6. The van der Waals surface area contributed by atoms with E-state index in [0.29, 0.717) is 23.6 Å². The Morgan fingerprint density at radius 2 is 1.96 bits per heavy atom. The summed E-state index contributed by atoms with van der Waals surface area (Å²) in [5, 5.41) is -0.252. The summed E-state index contributed by atoms with van der Waals surface area (Å²) in [6, 6.07) is 10.2. The van der Waals surface area contributed by atoms with Crippen LogP contribution in [0.25, 0.3) is 0 Å². The van der Waals surface area contributed by atoms with Gasteiger partial charge in [-0.05, 0) is 30.2 Å². The summed E-state index contributed by atoms with van der Waals surface area (Å²) in [6.45, 7) is 0.497. The third-order valence-electron chi connectivity index (χ3n) is 4.01. The number of sulfone groups is 1. The third kappa shape index (κ3) is 3.28. The largest absolute Gasteiger partial charge is 0.459 e. The molecule has 1 amide bonds. The Labute approximate surface area is 139 Å². The second-order valence-corrected chi connectivity index (χ2v) is 8.15. The highest BCUT2D eigenvalue weighted by molar-refractivity contribution is 7.91. The van der Waals surface area contributed by atoms with Crippen molar-refractivity contribution in [1.82, 2.24) is 4.90 Å². The number of halogens is 1. The molecule has 2 aromatic rings. The lowest BCUT2D eigenvalue weighted by atomic mass is 10.1. The summed E-state index contributed by atoms with van der Waals surface area (Å²) in [4.78, 5) is 13.9. The van der Waals surface area contributed by atoms with Crippen LogP contribution in [0.5, 0.6) is 0 Å². The van der Waals surface area contributed by atoms with Gasteiger partial charge in [-0.15, -0.1) is 0 Å². The molecular formula is C16H16ClNO4S. The van der Waals surface area contributed by atoms with E-state index in [1.165, 1.54) is 11.2 Å². The van der Waals surface area contributed by atoms with Gasteiger partial charge in [0, 0.05) is 18.1 Å². The van der Waals surface area contributed by atoms with Crippen molar-refractivity contribution in [2.24, 2.45) is 0 Å². The van der Waals surface area contributed by atoms with Gasteiger partial charge in [-0.3, -0.25) is 4.79 Å². The predicted octanol–water partition coefficient (Wildman–Crippen LogP) is 2.94. The van der Waals surface area contributed by atoms with E-state index in [-0.39, 0.29) is 24.0 Å². The average molecular weight is 354 g/mol. The molecule has 0 spiro atoms. The van der Waals surface area contributed by atoms with Crippen LogP contribution in [0.3, 0.4) is 0 Å². The molecule has 1 aromatic carbocycles. The highest BCUT2D eigenvalue weighted by Gasteiger charge is 2.34. The molecule has 0 radical (unpaired) electrons. The van der Waals surface area contributed by atoms with Crippen molar-refractivity contribution in [3.63, 3.8) is 0 Å². The summed E-state index contributed by atoms with van der Waals surface area (Å²) in [5.74, 6) is -0.154. The molecule has 0 saturated carbocycles. The van der Waals surface area contributed by atoms with Crippen LogP contribution in [-0.4, -0.2) is 38.1 Å². The van der Waals surface area contributed by atoms with Crippen molar-refractivity contribution in [2.45, 2.75) is 11.7 Å². The van der Waals surface area contributed by atoms with Crippen LogP contribution in [0.2, 0.25) is 5.02 Å². The molecule has 0 bridgehead atoms. The number of carbonyl (C=O) groups is 1. The fraction of sp³-hybridized carbons (Fsp3) is 0.312. The Hall–Kier alpha value is -1.79. The first-order valence-corrected chi connectivity index (χ1v) is 9.37. The molecule has 0 N–H and O–H groups in total.